The lowest BCUT2D eigenvalue weighted by Crippen LogP contribution is -2.22. The van der Waals surface area contributed by atoms with Crippen LogP contribution in [0.15, 0.2) is 54.7 Å². The lowest BCUT2D eigenvalue weighted by atomic mass is 10.0. The molecule has 23 heavy (non-hydrogen) atoms. The summed E-state index contributed by atoms with van der Waals surface area (Å²) in [5.41, 5.74) is 3.44. The number of fused-ring (bicyclic) bond motifs is 1. The van der Waals surface area contributed by atoms with Crippen LogP contribution in [0.1, 0.15) is 24.1 Å². The average molecular weight is 312 g/mol. The zero-order valence-electron chi connectivity index (χ0n) is 13.2. The third-order valence-electron chi connectivity index (χ3n) is 4.14. The van der Waals surface area contributed by atoms with Crippen molar-refractivity contribution in [1.29, 1.82) is 0 Å². The summed E-state index contributed by atoms with van der Waals surface area (Å²) < 4.78 is 15.2. The van der Waals surface area contributed by atoms with Crippen molar-refractivity contribution >= 4 is 10.9 Å². The van der Waals surface area contributed by atoms with Crippen LogP contribution in [0.4, 0.5) is 4.39 Å². The molecule has 120 valence electrons. The van der Waals surface area contributed by atoms with Crippen LogP contribution < -0.4 is 5.32 Å². The molecule has 3 aromatic rings. The van der Waals surface area contributed by atoms with Gasteiger partial charge in [-0.1, -0.05) is 24.3 Å². The first-order valence-electron chi connectivity index (χ1n) is 7.85. The fourth-order valence-corrected chi connectivity index (χ4v) is 2.94. The van der Waals surface area contributed by atoms with Gasteiger partial charge in [0.15, 0.2) is 0 Å². The maximum absolute atomic E-state index is 13.0. The second kappa shape index (κ2) is 6.94. The Kier molecular flexibility index (Phi) is 4.74. The van der Waals surface area contributed by atoms with E-state index in [0.717, 1.165) is 11.1 Å². The number of aliphatic hydroxyl groups excluding tert-OH is 1. The number of hydrogen-bond donors (Lipinski definition) is 2. The van der Waals surface area contributed by atoms with Crippen LogP contribution in [0.25, 0.3) is 10.9 Å². The summed E-state index contributed by atoms with van der Waals surface area (Å²) in [4.78, 5) is 0. The number of benzene rings is 2. The first-order valence-corrected chi connectivity index (χ1v) is 7.85. The van der Waals surface area contributed by atoms with Crippen molar-refractivity contribution < 1.29 is 9.50 Å². The van der Waals surface area contributed by atoms with E-state index >= 15 is 0 Å². The summed E-state index contributed by atoms with van der Waals surface area (Å²) in [7, 11) is 0. The molecule has 3 nitrogen and oxygen atoms in total. The van der Waals surface area contributed by atoms with Gasteiger partial charge in [0.05, 0.1) is 6.61 Å². The van der Waals surface area contributed by atoms with E-state index in [1.165, 1.54) is 23.1 Å². The molecule has 0 aliphatic heterocycles. The second-order valence-electron chi connectivity index (χ2n) is 5.75. The van der Waals surface area contributed by atoms with Crippen molar-refractivity contribution in [3.8, 4) is 0 Å². The van der Waals surface area contributed by atoms with E-state index in [0.29, 0.717) is 13.1 Å². The van der Waals surface area contributed by atoms with Crippen molar-refractivity contribution in [3.05, 3.63) is 71.7 Å². The highest BCUT2D eigenvalue weighted by Crippen LogP contribution is 2.26. The van der Waals surface area contributed by atoms with Crippen LogP contribution in [-0.2, 0) is 6.54 Å². The van der Waals surface area contributed by atoms with Gasteiger partial charge in [-0.3, -0.25) is 0 Å². The van der Waals surface area contributed by atoms with Crippen molar-refractivity contribution in [2.45, 2.75) is 19.5 Å². The van der Waals surface area contributed by atoms with E-state index in [1.807, 2.05) is 12.1 Å². The van der Waals surface area contributed by atoms with Crippen molar-refractivity contribution in [2.75, 3.05) is 13.2 Å². The smallest absolute Gasteiger partial charge is 0.123 e. The predicted molar refractivity (Wildman–Crippen MR) is 90.9 cm³/mol. The van der Waals surface area contributed by atoms with Gasteiger partial charge < -0.3 is 15.0 Å². The Labute approximate surface area is 135 Å². The van der Waals surface area contributed by atoms with E-state index < -0.39 is 0 Å². The molecule has 3 rings (SSSR count). The summed E-state index contributed by atoms with van der Waals surface area (Å²) in [5.74, 6) is -0.211. The molecule has 0 bridgehead atoms. The highest BCUT2D eigenvalue weighted by Gasteiger charge is 2.11. The summed E-state index contributed by atoms with van der Waals surface area (Å²) in [6.07, 6.45) is 2.07. The van der Waals surface area contributed by atoms with Gasteiger partial charge in [-0.05, 0) is 42.3 Å². The van der Waals surface area contributed by atoms with Crippen LogP contribution in [0.2, 0.25) is 0 Å². The number of rotatable bonds is 6. The fraction of sp³-hybridized carbons (Fsp3) is 0.263. The van der Waals surface area contributed by atoms with E-state index in [4.69, 9.17) is 5.11 Å². The lowest BCUT2D eigenvalue weighted by molar-refractivity contribution is 0.286. The molecule has 0 spiro atoms. The van der Waals surface area contributed by atoms with Crippen LogP contribution in [0.3, 0.4) is 0 Å². The number of nitrogens with zero attached hydrogens (tertiary/aromatic N) is 1. The Morgan fingerprint density at radius 2 is 1.91 bits per heavy atom. The molecule has 1 unspecified atom stereocenters. The third kappa shape index (κ3) is 3.44. The summed E-state index contributed by atoms with van der Waals surface area (Å²) in [6.45, 7) is 3.52. The van der Waals surface area contributed by atoms with Gasteiger partial charge in [0, 0.05) is 36.2 Å². The maximum Gasteiger partial charge on any atom is 0.123 e. The molecule has 2 aromatic carbocycles. The lowest BCUT2D eigenvalue weighted by Gasteiger charge is -2.15. The standard InChI is InChI=1S/C19H21FN2O/c1-14(21-10-12-23)17-3-2-4-19-18(17)9-11-22(19)13-15-5-7-16(20)8-6-15/h2-9,11,14,21,23H,10,12-13H2,1H3. The molecule has 1 heterocycles. The summed E-state index contributed by atoms with van der Waals surface area (Å²) in [5, 5.41) is 13.5. The Bertz CT molecular complexity index is 780. The topological polar surface area (TPSA) is 37.2 Å². The number of nitrogens with one attached hydrogen (secondary N) is 1. The number of hydrogen-bond acceptors (Lipinski definition) is 2. The normalized spacial score (nSPS) is 12.7. The van der Waals surface area contributed by atoms with Crippen LogP contribution >= 0.6 is 0 Å². The average Bonchev–Trinajstić information content (AvgIpc) is 2.98. The molecule has 4 heteroatoms. The number of aromatic nitrogens is 1. The Morgan fingerprint density at radius 3 is 2.65 bits per heavy atom. The zero-order chi connectivity index (χ0) is 16.2. The minimum absolute atomic E-state index is 0.131. The molecule has 0 radical (unpaired) electrons. The molecule has 0 aliphatic rings. The SMILES string of the molecule is CC(NCCO)c1cccc2c1ccn2Cc1ccc(F)cc1. The minimum atomic E-state index is -0.211. The second-order valence-corrected chi connectivity index (χ2v) is 5.75. The Morgan fingerprint density at radius 1 is 1.13 bits per heavy atom. The van der Waals surface area contributed by atoms with Crippen molar-refractivity contribution in [1.82, 2.24) is 9.88 Å². The van der Waals surface area contributed by atoms with E-state index in [9.17, 15) is 4.39 Å². The fourth-order valence-electron chi connectivity index (χ4n) is 2.94. The molecule has 1 atom stereocenters. The van der Waals surface area contributed by atoms with E-state index in [2.05, 4.69) is 47.3 Å². The predicted octanol–water partition coefficient (Wildman–Crippen LogP) is 3.47. The van der Waals surface area contributed by atoms with E-state index in [1.54, 1.807) is 0 Å². The molecule has 2 N–H and O–H groups in total. The van der Waals surface area contributed by atoms with Crippen molar-refractivity contribution in [2.24, 2.45) is 0 Å². The first-order chi connectivity index (χ1) is 11.2. The number of aliphatic hydroxyl groups is 1. The van der Waals surface area contributed by atoms with Gasteiger partial charge in [-0.25, -0.2) is 4.39 Å². The minimum Gasteiger partial charge on any atom is -0.395 e. The number of halogens is 1. The Hall–Kier alpha value is -2.17. The quantitative estimate of drug-likeness (QED) is 0.731. The first kappa shape index (κ1) is 15.7. The molecule has 0 fully saturated rings. The monoisotopic (exact) mass is 312 g/mol. The maximum atomic E-state index is 13.0. The summed E-state index contributed by atoms with van der Waals surface area (Å²) >= 11 is 0. The summed E-state index contributed by atoms with van der Waals surface area (Å²) in [6, 6.07) is 15.2. The molecule has 0 amide bonds. The molecular formula is C19H21FN2O. The van der Waals surface area contributed by atoms with Crippen LogP contribution in [0, 0.1) is 5.82 Å². The van der Waals surface area contributed by atoms with Gasteiger partial charge in [-0.15, -0.1) is 0 Å². The molecule has 0 aliphatic carbocycles. The highest BCUT2D eigenvalue weighted by molar-refractivity contribution is 5.84. The zero-order valence-corrected chi connectivity index (χ0v) is 13.2. The molecule has 0 saturated heterocycles. The van der Waals surface area contributed by atoms with Crippen LogP contribution in [-0.4, -0.2) is 22.8 Å². The van der Waals surface area contributed by atoms with Gasteiger partial charge >= 0.3 is 0 Å². The van der Waals surface area contributed by atoms with Crippen molar-refractivity contribution in [3.63, 3.8) is 0 Å². The highest BCUT2D eigenvalue weighted by atomic mass is 19.1. The molecular weight excluding hydrogens is 291 g/mol. The third-order valence-corrected chi connectivity index (χ3v) is 4.14. The van der Waals surface area contributed by atoms with Crippen LogP contribution in [0.5, 0.6) is 0 Å². The van der Waals surface area contributed by atoms with Gasteiger partial charge in [0.2, 0.25) is 0 Å². The molecule has 0 saturated carbocycles. The van der Waals surface area contributed by atoms with Gasteiger partial charge in [0.25, 0.3) is 0 Å². The van der Waals surface area contributed by atoms with E-state index in [-0.39, 0.29) is 18.5 Å². The van der Waals surface area contributed by atoms with Gasteiger partial charge in [0.1, 0.15) is 5.82 Å². The molecule has 1 aromatic heterocycles. The largest absolute Gasteiger partial charge is 0.395 e. The Balaban J connectivity index is 1.90. The van der Waals surface area contributed by atoms with Gasteiger partial charge in [-0.2, -0.15) is 0 Å².